The number of piperidine rings is 2. The number of benzene rings is 2. The molecule has 0 unspecified atom stereocenters. The monoisotopic (exact) mass is 746 g/mol. The average Bonchev–Trinajstić information content (AvgIpc) is 3.09. The molecule has 2 fully saturated rings. The Labute approximate surface area is 304 Å². The van der Waals surface area contributed by atoms with Gasteiger partial charge in [-0.15, -0.1) is 0 Å². The maximum atomic E-state index is 13.2. The van der Waals surface area contributed by atoms with E-state index in [1.54, 1.807) is 36.9 Å². The van der Waals surface area contributed by atoms with E-state index in [9.17, 15) is 18.4 Å². The van der Waals surface area contributed by atoms with E-state index in [1.807, 2.05) is 0 Å². The van der Waals surface area contributed by atoms with Crippen molar-refractivity contribution in [3.05, 3.63) is 100 Å². The van der Waals surface area contributed by atoms with E-state index < -0.39 is 7.12 Å². The maximum Gasteiger partial charge on any atom is 0.488 e. The summed E-state index contributed by atoms with van der Waals surface area (Å²) in [4.78, 5) is 34.7. The van der Waals surface area contributed by atoms with E-state index in [1.165, 1.54) is 36.4 Å². The van der Waals surface area contributed by atoms with Crippen LogP contribution in [-0.2, 0) is 9.59 Å². The number of nitrogens with two attached hydrogens (primary N) is 2. The Bertz CT molecular complexity index is 1720. The van der Waals surface area contributed by atoms with Gasteiger partial charge in [0.2, 0.25) is 11.8 Å². The van der Waals surface area contributed by atoms with Crippen LogP contribution in [0.15, 0.2) is 73.3 Å². The van der Waals surface area contributed by atoms with Gasteiger partial charge in [0, 0.05) is 68.4 Å². The number of pyridine rings is 2. The van der Waals surface area contributed by atoms with Gasteiger partial charge in [-0.3, -0.25) is 19.6 Å². The molecule has 4 heterocycles. The van der Waals surface area contributed by atoms with Crippen LogP contribution in [0.5, 0.6) is 0 Å². The summed E-state index contributed by atoms with van der Waals surface area (Å²) >= 11 is 18.5. The van der Waals surface area contributed by atoms with E-state index in [-0.39, 0.29) is 35.3 Å². The van der Waals surface area contributed by atoms with Crippen molar-refractivity contribution in [3.63, 3.8) is 0 Å². The van der Waals surface area contributed by atoms with Crippen molar-refractivity contribution < 1.29 is 28.4 Å². The van der Waals surface area contributed by atoms with Crippen molar-refractivity contribution >= 4 is 70.6 Å². The van der Waals surface area contributed by atoms with Crippen LogP contribution in [0.4, 0.5) is 20.2 Å². The highest BCUT2D eigenvalue weighted by Gasteiger charge is 2.27. The lowest BCUT2D eigenvalue weighted by Crippen LogP contribution is -2.38. The standard InChI is InChI=1S/C17H17ClFN3O.C11H13Cl2N3O.C6H6BFO2/c18-15-10-21-9-14(11-1-3-13(19)4-2-11)16(15)22-7-5-12(6-8-22)17(20)23;12-8-5-15-6-9(13)10(8)16-3-1-7(2-4-16)11(14)17;8-6-3-1-5(2-4-6)7(9)10/h1-4,9-10,12H,5-8H2,(H2,20,23);5-7H,1-4H2,(H2,14,17);1-4,9-10H. The molecule has 0 radical (unpaired) electrons. The Kier molecular flexibility index (Phi) is 14.2. The third kappa shape index (κ3) is 10.5. The van der Waals surface area contributed by atoms with Gasteiger partial charge < -0.3 is 31.3 Å². The predicted octanol–water partition coefficient (Wildman–Crippen LogP) is 4.84. The quantitative estimate of drug-likeness (QED) is 0.204. The summed E-state index contributed by atoms with van der Waals surface area (Å²) in [5.74, 6) is -1.26. The second-order valence-corrected chi connectivity index (χ2v) is 13.0. The van der Waals surface area contributed by atoms with Gasteiger partial charge in [-0.1, -0.05) is 59.1 Å². The number of nitrogens with zero attached hydrogens (tertiary/aromatic N) is 4. The molecule has 0 spiro atoms. The Morgan fingerprint density at radius 1 is 0.660 bits per heavy atom. The zero-order chi connectivity index (χ0) is 36.4. The fourth-order valence-electron chi connectivity index (χ4n) is 5.71. The summed E-state index contributed by atoms with van der Waals surface area (Å²) < 4.78 is 25.3. The first-order chi connectivity index (χ1) is 23.8. The zero-order valence-corrected chi connectivity index (χ0v) is 29.1. The number of hydrogen-bond acceptors (Lipinski definition) is 8. The highest BCUT2D eigenvalue weighted by atomic mass is 35.5. The third-order valence-corrected chi connectivity index (χ3v) is 9.28. The molecule has 2 aromatic heterocycles. The van der Waals surface area contributed by atoms with Crippen LogP contribution in [0, 0.1) is 23.5 Å². The largest absolute Gasteiger partial charge is 0.488 e. The summed E-state index contributed by atoms with van der Waals surface area (Å²) in [5, 5.41) is 18.7. The Morgan fingerprint density at radius 2 is 1.04 bits per heavy atom. The molecule has 6 rings (SSSR count). The van der Waals surface area contributed by atoms with Crippen LogP contribution in [0.3, 0.4) is 0 Å². The molecule has 0 atom stereocenters. The van der Waals surface area contributed by atoms with E-state index in [4.69, 9.17) is 56.3 Å². The fraction of sp³-hybridized carbons (Fsp3) is 0.294. The molecule has 2 aromatic carbocycles. The molecule has 2 amide bonds. The number of halogens is 5. The fourth-order valence-corrected chi connectivity index (χ4v) is 6.59. The van der Waals surface area contributed by atoms with Crippen LogP contribution in [0.25, 0.3) is 11.1 Å². The van der Waals surface area contributed by atoms with E-state index in [0.717, 1.165) is 48.4 Å². The molecule has 4 aromatic rings. The summed E-state index contributed by atoms with van der Waals surface area (Å²) in [7, 11) is -1.51. The first-order valence-electron chi connectivity index (χ1n) is 15.7. The normalized spacial score (nSPS) is 14.9. The molecule has 2 aliphatic heterocycles. The minimum atomic E-state index is -1.51. The van der Waals surface area contributed by atoms with Crippen LogP contribution in [-0.4, -0.2) is 65.1 Å². The van der Waals surface area contributed by atoms with Gasteiger partial charge in [0.1, 0.15) is 11.6 Å². The number of amides is 2. The molecule has 0 aliphatic carbocycles. The number of carbonyl (C=O) groups is 2. The zero-order valence-electron chi connectivity index (χ0n) is 26.9. The van der Waals surface area contributed by atoms with Crippen molar-refractivity contribution in [2.45, 2.75) is 25.7 Å². The van der Waals surface area contributed by atoms with E-state index in [2.05, 4.69) is 19.8 Å². The lowest BCUT2D eigenvalue weighted by atomic mass is 9.80. The molecule has 10 nitrogen and oxygen atoms in total. The lowest BCUT2D eigenvalue weighted by molar-refractivity contribution is -0.123. The van der Waals surface area contributed by atoms with Crippen LogP contribution in [0.2, 0.25) is 15.1 Å². The second-order valence-electron chi connectivity index (χ2n) is 11.7. The highest BCUT2D eigenvalue weighted by molar-refractivity contribution is 6.58. The number of rotatable bonds is 6. The number of hydrogen-bond donors (Lipinski definition) is 4. The lowest BCUT2D eigenvalue weighted by Gasteiger charge is -2.34. The van der Waals surface area contributed by atoms with Crippen molar-refractivity contribution in [1.29, 1.82) is 0 Å². The summed E-state index contributed by atoms with van der Waals surface area (Å²) in [6.07, 6.45) is 9.37. The summed E-state index contributed by atoms with van der Waals surface area (Å²) in [6.45, 7) is 2.87. The maximum absolute atomic E-state index is 13.2. The molecule has 2 aliphatic rings. The molecule has 6 N–H and O–H groups in total. The average molecular weight is 748 g/mol. The minimum Gasteiger partial charge on any atom is -0.423 e. The minimum absolute atomic E-state index is 0.0364. The van der Waals surface area contributed by atoms with Crippen molar-refractivity contribution in [2.24, 2.45) is 23.3 Å². The molecule has 16 heteroatoms. The number of primary amides is 2. The van der Waals surface area contributed by atoms with Gasteiger partial charge in [0.15, 0.2) is 0 Å². The highest BCUT2D eigenvalue weighted by Crippen LogP contribution is 2.38. The van der Waals surface area contributed by atoms with E-state index in [0.29, 0.717) is 46.5 Å². The Morgan fingerprint density at radius 3 is 1.46 bits per heavy atom. The predicted molar refractivity (Wildman–Crippen MR) is 193 cm³/mol. The molecule has 0 bridgehead atoms. The molecule has 2 saturated heterocycles. The smallest absolute Gasteiger partial charge is 0.423 e. The summed E-state index contributed by atoms with van der Waals surface area (Å²) in [5.41, 5.74) is 14.4. The summed E-state index contributed by atoms with van der Waals surface area (Å²) in [6, 6.07) is 11.2. The molecular weight excluding hydrogens is 712 g/mol. The Hall–Kier alpha value is -4.01. The first-order valence-corrected chi connectivity index (χ1v) is 16.9. The van der Waals surface area contributed by atoms with Crippen molar-refractivity contribution in [3.8, 4) is 11.1 Å². The van der Waals surface area contributed by atoms with Gasteiger partial charge in [0.05, 0.1) is 26.4 Å². The molecule has 50 heavy (non-hydrogen) atoms. The second kappa shape index (κ2) is 18.3. The van der Waals surface area contributed by atoms with Crippen LogP contribution in [0.1, 0.15) is 25.7 Å². The topological polar surface area (TPSA) is 159 Å². The molecular formula is C34H36BCl3F2N6O4. The van der Waals surface area contributed by atoms with Gasteiger partial charge in [-0.05, 0) is 61.0 Å². The molecule has 264 valence electrons. The van der Waals surface area contributed by atoms with E-state index >= 15 is 0 Å². The van der Waals surface area contributed by atoms with Gasteiger partial charge in [-0.25, -0.2) is 8.78 Å². The SMILES string of the molecule is NC(=O)C1CCN(c2c(Cl)cncc2-c2ccc(F)cc2)CC1.NC(=O)C1CCN(c2c(Cl)cncc2Cl)CC1.OB(O)c1ccc(F)cc1. The number of aromatic nitrogens is 2. The first kappa shape index (κ1) is 38.8. The van der Waals surface area contributed by atoms with Crippen molar-refractivity contribution in [1.82, 2.24) is 9.97 Å². The van der Waals surface area contributed by atoms with Crippen LogP contribution < -0.4 is 26.7 Å². The number of anilines is 2. The Balaban J connectivity index is 0.000000182. The van der Waals surface area contributed by atoms with Crippen LogP contribution >= 0.6 is 34.8 Å². The van der Waals surface area contributed by atoms with Crippen molar-refractivity contribution in [2.75, 3.05) is 36.0 Å². The van der Waals surface area contributed by atoms with Gasteiger partial charge >= 0.3 is 7.12 Å². The van der Waals surface area contributed by atoms with Gasteiger partial charge in [0.25, 0.3) is 0 Å². The third-order valence-electron chi connectivity index (χ3n) is 8.45. The molecule has 0 saturated carbocycles. The van der Waals surface area contributed by atoms with Gasteiger partial charge in [-0.2, -0.15) is 0 Å². The number of carbonyl (C=O) groups excluding carboxylic acids is 2.